The molecule has 8 nitrogen and oxygen atoms in total. The van der Waals surface area contributed by atoms with Crippen LogP contribution in [-0.4, -0.2) is 20.9 Å². The molecule has 126 valence electrons. The molecule has 2 aromatic carbocycles. The topological polar surface area (TPSA) is 115 Å². The summed E-state index contributed by atoms with van der Waals surface area (Å²) in [5.41, 5.74) is 0.226. The molecule has 0 saturated carbocycles. The van der Waals surface area contributed by atoms with Crippen molar-refractivity contribution in [3.8, 4) is 0 Å². The van der Waals surface area contributed by atoms with E-state index in [9.17, 15) is 19.7 Å². The maximum absolute atomic E-state index is 12.1. The van der Waals surface area contributed by atoms with E-state index in [1.165, 1.54) is 24.3 Å². The highest BCUT2D eigenvalue weighted by Gasteiger charge is 2.17. The van der Waals surface area contributed by atoms with Gasteiger partial charge in [-0.2, -0.15) is 0 Å². The van der Waals surface area contributed by atoms with Crippen molar-refractivity contribution in [3.63, 3.8) is 0 Å². The summed E-state index contributed by atoms with van der Waals surface area (Å²) in [7, 11) is 0. The molecule has 1 heterocycles. The normalized spacial score (nSPS) is 11.9. The smallest absolute Gasteiger partial charge is 0.338 e. The SMILES string of the molecule is C[C@H](OC(=O)c1ccc([N+](=O)[O-])cc1)c1nc2ccccc2c(=O)[nH]1. The van der Waals surface area contributed by atoms with Gasteiger partial charge in [-0.15, -0.1) is 0 Å². The first-order valence-corrected chi connectivity index (χ1v) is 7.40. The number of carbonyl (C=O) groups is 1. The molecule has 3 aromatic rings. The molecule has 0 bridgehead atoms. The number of nitrogens with zero attached hydrogens (tertiary/aromatic N) is 2. The van der Waals surface area contributed by atoms with Gasteiger partial charge in [-0.05, 0) is 31.2 Å². The van der Waals surface area contributed by atoms with Crippen molar-refractivity contribution in [1.82, 2.24) is 9.97 Å². The second-order valence-corrected chi connectivity index (χ2v) is 5.32. The van der Waals surface area contributed by atoms with Gasteiger partial charge in [0.1, 0.15) is 0 Å². The van der Waals surface area contributed by atoms with Crippen molar-refractivity contribution in [3.05, 3.63) is 80.4 Å². The van der Waals surface area contributed by atoms with Gasteiger partial charge in [0.05, 0.1) is 21.4 Å². The van der Waals surface area contributed by atoms with Crippen LogP contribution in [0.3, 0.4) is 0 Å². The van der Waals surface area contributed by atoms with E-state index in [-0.39, 0.29) is 22.6 Å². The van der Waals surface area contributed by atoms with Gasteiger partial charge < -0.3 is 9.72 Å². The minimum absolute atomic E-state index is 0.120. The zero-order chi connectivity index (χ0) is 18.0. The number of aromatic nitrogens is 2. The Hall–Kier alpha value is -3.55. The number of para-hydroxylation sites is 1. The number of hydrogen-bond acceptors (Lipinski definition) is 6. The maximum Gasteiger partial charge on any atom is 0.338 e. The molecule has 0 spiro atoms. The predicted molar refractivity (Wildman–Crippen MR) is 89.3 cm³/mol. The van der Waals surface area contributed by atoms with Crippen LogP contribution in [0.25, 0.3) is 10.9 Å². The Bertz CT molecular complexity index is 1010. The van der Waals surface area contributed by atoms with Gasteiger partial charge in [0.25, 0.3) is 11.2 Å². The number of carbonyl (C=O) groups excluding carboxylic acids is 1. The van der Waals surface area contributed by atoms with Crippen LogP contribution in [0.4, 0.5) is 5.69 Å². The van der Waals surface area contributed by atoms with E-state index >= 15 is 0 Å². The third kappa shape index (κ3) is 3.37. The summed E-state index contributed by atoms with van der Waals surface area (Å²) < 4.78 is 5.29. The summed E-state index contributed by atoms with van der Waals surface area (Å²) in [5, 5.41) is 11.1. The van der Waals surface area contributed by atoms with E-state index in [0.717, 1.165) is 0 Å². The number of nitro benzene ring substituents is 1. The summed E-state index contributed by atoms with van der Waals surface area (Å²) >= 11 is 0. The quantitative estimate of drug-likeness (QED) is 0.444. The number of aromatic amines is 1. The van der Waals surface area contributed by atoms with E-state index < -0.39 is 17.0 Å². The molecule has 0 aliphatic rings. The molecule has 0 aliphatic carbocycles. The average molecular weight is 339 g/mol. The van der Waals surface area contributed by atoms with Gasteiger partial charge in [-0.1, -0.05) is 12.1 Å². The summed E-state index contributed by atoms with van der Waals surface area (Å²) in [6.45, 7) is 1.58. The molecule has 0 radical (unpaired) electrons. The number of esters is 1. The van der Waals surface area contributed by atoms with Crippen LogP contribution in [-0.2, 0) is 4.74 Å². The fourth-order valence-corrected chi connectivity index (χ4v) is 2.30. The number of hydrogen-bond donors (Lipinski definition) is 1. The summed E-state index contributed by atoms with van der Waals surface area (Å²) in [4.78, 5) is 41.2. The third-order valence-electron chi connectivity index (χ3n) is 3.61. The van der Waals surface area contributed by atoms with Crippen LogP contribution in [0.1, 0.15) is 29.2 Å². The van der Waals surface area contributed by atoms with Crippen molar-refractivity contribution in [1.29, 1.82) is 0 Å². The predicted octanol–water partition coefficient (Wildman–Crippen LogP) is 2.75. The van der Waals surface area contributed by atoms with Crippen molar-refractivity contribution >= 4 is 22.6 Å². The molecule has 0 fully saturated rings. The second kappa shape index (κ2) is 6.52. The number of rotatable bonds is 4. The van der Waals surface area contributed by atoms with Crippen molar-refractivity contribution in [2.45, 2.75) is 13.0 Å². The first-order valence-electron chi connectivity index (χ1n) is 7.40. The van der Waals surface area contributed by atoms with Gasteiger partial charge in [-0.25, -0.2) is 9.78 Å². The van der Waals surface area contributed by atoms with Gasteiger partial charge >= 0.3 is 5.97 Å². The van der Waals surface area contributed by atoms with Crippen molar-refractivity contribution in [2.75, 3.05) is 0 Å². The van der Waals surface area contributed by atoms with Crippen LogP contribution in [0, 0.1) is 10.1 Å². The molecule has 25 heavy (non-hydrogen) atoms. The Morgan fingerprint density at radius 2 is 1.88 bits per heavy atom. The summed E-state index contributed by atoms with van der Waals surface area (Å²) in [6.07, 6.45) is -0.792. The number of benzene rings is 2. The van der Waals surface area contributed by atoms with Gasteiger partial charge in [0, 0.05) is 12.1 Å². The van der Waals surface area contributed by atoms with Crippen LogP contribution in [0.5, 0.6) is 0 Å². The Kier molecular flexibility index (Phi) is 4.25. The number of H-pyrrole nitrogens is 1. The first-order chi connectivity index (χ1) is 12.0. The molecular formula is C17H13N3O5. The zero-order valence-corrected chi connectivity index (χ0v) is 13.1. The van der Waals surface area contributed by atoms with Crippen LogP contribution >= 0.6 is 0 Å². The summed E-state index contributed by atoms with van der Waals surface area (Å²) in [6, 6.07) is 11.9. The highest BCUT2D eigenvalue weighted by Crippen LogP contribution is 2.18. The molecule has 0 saturated heterocycles. The molecule has 8 heteroatoms. The van der Waals surface area contributed by atoms with Gasteiger partial charge in [0.15, 0.2) is 11.9 Å². The molecule has 0 aliphatic heterocycles. The lowest BCUT2D eigenvalue weighted by Gasteiger charge is -2.13. The average Bonchev–Trinajstić information content (AvgIpc) is 2.61. The second-order valence-electron chi connectivity index (χ2n) is 5.32. The molecule has 0 unspecified atom stereocenters. The van der Waals surface area contributed by atoms with E-state index in [1.807, 2.05) is 0 Å². The zero-order valence-electron chi connectivity index (χ0n) is 13.1. The minimum Gasteiger partial charge on any atom is -0.451 e. The highest BCUT2D eigenvalue weighted by atomic mass is 16.6. The highest BCUT2D eigenvalue weighted by molar-refractivity contribution is 5.89. The molecule has 1 N–H and O–H groups in total. The number of ether oxygens (including phenoxy) is 1. The van der Waals surface area contributed by atoms with Crippen LogP contribution < -0.4 is 5.56 Å². The molecule has 3 rings (SSSR count). The Labute approximate surface area is 141 Å². The standard InChI is InChI=1S/C17H13N3O5/c1-10(15-18-14-5-3-2-4-13(14)16(21)19-15)25-17(22)11-6-8-12(9-7-11)20(23)24/h2-10H,1H3,(H,18,19,21)/t10-/m0/s1. The van der Waals surface area contributed by atoms with E-state index in [4.69, 9.17) is 4.74 Å². The van der Waals surface area contributed by atoms with Crippen molar-refractivity contribution < 1.29 is 14.5 Å². The fourth-order valence-electron chi connectivity index (χ4n) is 2.30. The Balaban J connectivity index is 1.81. The van der Waals surface area contributed by atoms with Gasteiger partial charge in [0.2, 0.25) is 0 Å². The fraction of sp³-hybridized carbons (Fsp3) is 0.118. The molecule has 1 atom stereocenters. The number of nitrogens with one attached hydrogen (secondary N) is 1. The minimum atomic E-state index is -0.792. The largest absolute Gasteiger partial charge is 0.451 e. The number of fused-ring (bicyclic) bond motifs is 1. The lowest BCUT2D eigenvalue weighted by molar-refractivity contribution is -0.384. The monoisotopic (exact) mass is 339 g/mol. The third-order valence-corrected chi connectivity index (χ3v) is 3.61. The first kappa shape index (κ1) is 16.3. The number of nitro groups is 1. The molecule has 0 amide bonds. The Morgan fingerprint density at radius 3 is 2.56 bits per heavy atom. The molecular weight excluding hydrogens is 326 g/mol. The van der Waals surface area contributed by atoms with Crippen LogP contribution in [0.15, 0.2) is 53.3 Å². The maximum atomic E-state index is 12.1. The van der Waals surface area contributed by atoms with Gasteiger partial charge in [-0.3, -0.25) is 14.9 Å². The van der Waals surface area contributed by atoms with E-state index in [2.05, 4.69) is 9.97 Å². The lowest BCUT2D eigenvalue weighted by atomic mass is 10.2. The van der Waals surface area contributed by atoms with Crippen molar-refractivity contribution in [2.24, 2.45) is 0 Å². The molecule has 1 aromatic heterocycles. The number of non-ortho nitro benzene ring substituents is 1. The Morgan fingerprint density at radius 1 is 1.20 bits per heavy atom. The summed E-state index contributed by atoms with van der Waals surface area (Å²) in [5.74, 6) is -0.447. The van der Waals surface area contributed by atoms with E-state index in [0.29, 0.717) is 10.9 Å². The lowest BCUT2D eigenvalue weighted by Crippen LogP contribution is -2.17. The van der Waals surface area contributed by atoms with Crippen LogP contribution in [0.2, 0.25) is 0 Å². The van der Waals surface area contributed by atoms with E-state index in [1.54, 1.807) is 31.2 Å².